The molecule has 0 aliphatic carbocycles. The molecule has 0 heterocycles. The fourth-order valence-electron chi connectivity index (χ4n) is 1.34. The molecule has 1 amide bonds. The highest BCUT2D eigenvalue weighted by molar-refractivity contribution is 5.89. The summed E-state index contributed by atoms with van der Waals surface area (Å²) in [5.74, 6) is -2.88. The van der Waals surface area contributed by atoms with E-state index in [9.17, 15) is 24.2 Å². The maximum Gasteiger partial charge on any atom is 0.337 e. The fraction of sp³-hybridized carbons (Fsp3) is 0.273. The number of benzene rings is 1. The van der Waals surface area contributed by atoms with Crippen LogP contribution in [-0.4, -0.2) is 35.3 Å². The first-order valence-electron chi connectivity index (χ1n) is 4.91. The number of rotatable bonds is 4. The molecule has 1 aromatic rings. The van der Waals surface area contributed by atoms with Crippen molar-refractivity contribution < 1.29 is 28.9 Å². The normalized spacial score (nSPS) is 13.8. The average Bonchev–Trinajstić information content (AvgIpc) is 2.35. The second-order valence-corrected chi connectivity index (χ2v) is 3.52. The lowest BCUT2D eigenvalue weighted by atomic mass is 10.0. The molecule has 0 radical (unpaired) electrons. The summed E-state index contributed by atoms with van der Waals surface area (Å²) in [7, 11) is 1.14. The summed E-state index contributed by atoms with van der Waals surface area (Å²) in [5.41, 5.74) is 4.38. The van der Waals surface area contributed by atoms with Crippen LogP contribution in [0.5, 0.6) is 0 Å². The summed E-state index contributed by atoms with van der Waals surface area (Å²) >= 11 is 0. The molecule has 1 aromatic carbocycles. The van der Waals surface area contributed by atoms with E-state index in [4.69, 9.17) is 5.73 Å². The third kappa shape index (κ3) is 2.82. The van der Waals surface area contributed by atoms with E-state index in [-0.39, 0.29) is 11.1 Å². The molecule has 2 unspecified atom stereocenters. The minimum Gasteiger partial charge on any atom is -0.465 e. The van der Waals surface area contributed by atoms with E-state index in [1.165, 1.54) is 6.07 Å². The van der Waals surface area contributed by atoms with Crippen molar-refractivity contribution in [2.45, 2.75) is 12.2 Å². The first-order chi connectivity index (χ1) is 8.38. The van der Waals surface area contributed by atoms with Crippen molar-refractivity contribution in [2.24, 2.45) is 5.73 Å². The van der Waals surface area contributed by atoms with Crippen LogP contribution in [0.25, 0.3) is 0 Å². The minimum atomic E-state index is -1.93. The summed E-state index contributed by atoms with van der Waals surface area (Å²) in [6.07, 6.45) is -3.72. The summed E-state index contributed by atoms with van der Waals surface area (Å²) in [6, 6.07) is 3.09. The molecule has 0 aromatic heterocycles. The molecule has 0 saturated heterocycles. The van der Waals surface area contributed by atoms with Gasteiger partial charge in [-0.05, 0) is 12.1 Å². The second-order valence-electron chi connectivity index (χ2n) is 3.52. The highest BCUT2D eigenvalue weighted by atomic mass is 19.1. The van der Waals surface area contributed by atoms with Crippen LogP contribution in [0.4, 0.5) is 4.39 Å². The molecule has 2 atom stereocenters. The number of aliphatic hydroxyl groups is 2. The maximum atomic E-state index is 13.6. The third-order valence-corrected chi connectivity index (χ3v) is 2.33. The Hall–Kier alpha value is -1.99. The summed E-state index contributed by atoms with van der Waals surface area (Å²) in [4.78, 5) is 21.8. The zero-order chi connectivity index (χ0) is 13.9. The lowest BCUT2D eigenvalue weighted by Crippen LogP contribution is -2.34. The number of amides is 1. The highest BCUT2D eigenvalue weighted by Gasteiger charge is 2.26. The minimum absolute atomic E-state index is 0.0560. The van der Waals surface area contributed by atoms with Crippen molar-refractivity contribution in [2.75, 3.05) is 7.11 Å². The van der Waals surface area contributed by atoms with E-state index >= 15 is 0 Å². The molecular weight excluding hydrogens is 245 g/mol. The van der Waals surface area contributed by atoms with E-state index in [1.807, 2.05) is 0 Å². The molecule has 7 heteroatoms. The second kappa shape index (κ2) is 5.56. The Morgan fingerprint density at radius 2 is 2.00 bits per heavy atom. The van der Waals surface area contributed by atoms with E-state index in [2.05, 4.69) is 4.74 Å². The average molecular weight is 257 g/mol. The lowest BCUT2D eigenvalue weighted by molar-refractivity contribution is -0.132. The van der Waals surface area contributed by atoms with Gasteiger partial charge in [-0.3, -0.25) is 4.79 Å². The van der Waals surface area contributed by atoms with Crippen molar-refractivity contribution in [3.63, 3.8) is 0 Å². The molecule has 0 saturated carbocycles. The number of nitrogens with two attached hydrogens (primary N) is 1. The van der Waals surface area contributed by atoms with Gasteiger partial charge in [0.05, 0.1) is 12.7 Å². The van der Waals surface area contributed by atoms with Gasteiger partial charge < -0.3 is 20.7 Å². The van der Waals surface area contributed by atoms with Gasteiger partial charge in [0.15, 0.2) is 6.10 Å². The molecule has 0 aliphatic rings. The van der Waals surface area contributed by atoms with Gasteiger partial charge in [0, 0.05) is 5.56 Å². The molecular formula is C11H12FNO5. The molecule has 18 heavy (non-hydrogen) atoms. The van der Waals surface area contributed by atoms with Crippen molar-refractivity contribution in [3.05, 3.63) is 35.1 Å². The van der Waals surface area contributed by atoms with Crippen LogP contribution < -0.4 is 5.73 Å². The van der Waals surface area contributed by atoms with Crippen LogP contribution >= 0.6 is 0 Å². The molecule has 1 rings (SSSR count). The van der Waals surface area contributed by atoms with Crippen molar-refractivity contribution >= 4 is 11.9 Å². The number of halogens is 1. The predicted molar refractivity (Wildman–Crippen MR) is 57.9 cm³/mol. The van der Waals surface area contributed by atoms with Gasteiger partial charge in [-0.1, -0.05) is 6.07 Å². The zero-order valence-electron chi connectivity index (χ0n) is 9.46. The number of aliphatic hydroxyl groups excluding tert-OH is 2. The maximum absolute atomic E-state index is 13.6. The Labute approximate surface area is 102 Å². The number of carbonyl (C=O) groups excluding carboxylic acids is 2. The Morgan fingerprint density at radius 3 is 2.44 bits per heavy atom. The summed E-state index contributed by atoms with van der Waals surface area (Å²) in [5, 5.41) is 18.7. The number of ether oxygens (including phenoxy) is 1. The number of primary amides is 1. The number of hydrogen-bond donors (Lipinski definition) is 3. The third-order valence-electron chi connectivity index (χ3n) is 2.33. The first kappa shape index (κ1) is 14.1. The molecule has 0 bridgehead atoms. The summed E-state index contributed by atoms with van der Waals surface area (Å²) in [6.45, 7) is 0. The number of methoxy groups -OCH3 is 1. The molecule has 4 N–H and O–H groups in total. The van der Waals surface area contributed by atoms with E-state index in [0.717, 1.165) is 19.2 Å². The van der Waals surface area contributed by atoms with Gasteiger partial charge in [0.2, 0.25) is 5.91 Å². The zero-order valence-corrected chi connectivity index (χ0v) is 9.46. The van der Waals surface area contributed by atoms with Gasteiger partial charge in [0.1, 0.15) is 11.9 Å². The quantitative estimate of drug-likeness (QED) is 0.629. The SMILES string of the molecule is COC(=O)c1ccc(C(O)C(O)C(N)=O)c(F)c1. The fourth-order valence-corrected chi connectivity index (χ4v) is 1.34. The number of hydrogen-bond acceptors (Lipinski definition) is 5. The Morgan fingerprint density at radius 1 is 1.39 bits per heavy atom. The van der Waals surface area contributed by atoms with E-state index < -0.39 is 29.9 Å². The Balaban J connectivity index is 3.06. The topological polar surface area (TPSA) is 110 Å². The van der Waals surface area contributed by atoms with Crippen LogP contribution in [0.15, 0.2) is 18.2 Å². The first-order valence-corrected chi connectivity index (χ1v) is 4.91. The van der Waals surface area contributed by atoms with Gasteiger partial charge in [-0.15, -0.1) is 0 Å². The smallest absolute Gasteiger partial charge is 0.337 e. The molecule has 0 fully saturated rings. The van der Waals surface area contributed by atoms with Crippen LogP contribution in [0.1, 0.15) is 22.0 Å². The Kier molecular flexibility index (Phi) is 4.35. The summed E-state index contributed by atoms with van der Waals surface area (Å²) < 4.78 is 18.0. The van der Waals surface area contributed by atoms with E-state index in [0.29, 0.717) is 0 Å². The van der Waals surface area contributed by atoms with Crippen molar-refractivity contribution in [3.8, 4) is 0 Å². The van der Waals surface area contributed by atoms with Gasteiger partial charge >= 0.3 is 5.97 Å². The monoisotopic (exact) mass is 257 g/mol. The largest absolute Gasteiger partial charge is 0.465 e. The van der Waals surface area contributed by atoms with Crippen LogP contribution in [0.2, 0.25) is 0 Å². The predicted octanol–water partition coefficient (Wildman–Crippen LogP) is -0.508. The van der Waals surface area contributed by atoms with Gasteiger partial charge in [0.25, 0.3) is 0 Å². The number of esters is 1. The van der Waals surface area contributed by atoms with Crippen LogP contribution in [0.3, 0.4) is 0 Å². The van der Waals surface area contributed by atoms with Crippen molar-refractivity contribution in [1.82, 2.24) is 0 Å². The van der Waals surface area contributed by atoms with E-state index in [1.54, 1.807) is 0 Å². The molecule has 0 spiro atoms. The van der Waals surface area contributed by atoms with Crippen LogP contribution in [-0.2, 0) is 9.53 Å². The molecule has 6 nitrogen and oxygen atoms in total. The van der Waals surface area contributed by atoms with Gasteiger partial charge in [-0.2, -0.15) is 0 Å². The Bertz CT molecular complexity index is 477. The standard InChI is InChI=1S/C11H12FNO5/c1-18-11(17)5-2-3-6(7(12)4-5)8(14)9(15)10(13)16/h2-4,8-9,14-15H,1H3,(H2,13,16). The lowest BCUT2D eigenvalue weighted by Gasteiger charge is -2.16. The van der Waals surface area contributed by atoms with Crippen molar-refractivity contribution in [1.29, 1.82) is 0 Å². The number of carbonyl (C=O) groups is 2. The van der Waals surface area contributed by atoms with Crippen LogP contribution in [0, 0.1) is 5.82 Å². The molecule has 0 aliphatic heterocycles. The highest BCUT2D eigenvalue weighted by Crippen LogP contribution is 2.21. The molecule has 98 valence electrons. The van der Waals surface area contributed by atoms with Gasteiger partial charge in [-0.25, -0.2) is 9.18 Å².